The van der Waals surface area contributed by atoms with Crippen LogP contribution in [0.15, 0.2) is 24.3 Å². The van der Waals surface area contributed by atoms with Gasteiger partial charge in [0.1, 0.15) is 0 Å². The molecule has 1 heterocycles. The predicted molar refractivity (Wildman–Crippen MR) is 89.5 cm³/mol. The Hall–Kier alpha value is -0.860. The van der Waals surface area contributed by atoms with Crippen LogP contribution in [0.4, 0.5) is 0 Å². The Morgan fingerprint density at radius 2 is 1.76 bits per heavy atom. The molecule has 2 fully saturated rings. The van der Waals surface area contributed by atoms with Crippen LogP contribution in [0.2, 0.25) is 0 Å². The van der Waals surface area contributed by atoms with Gasteiger partial charge in [0.25, 0.3) is 0 Å². The molecule has 1 aromatic carbocycles. The summed E-state index contributed by atoms with van der Waals surface area (Å²) in [7, 11) is 0. The van der Waals surface area contributed by atoms with E-state index >= 15 is 0 Å². The first-order valence-electron chi connectivity index (χ1n) is 8.78. The summed E-state index contributed by atoms with van der Waals surface area (Å²) in [4.78, 5) is 2.58. The SMILES string of the molecule is CCN1CCC(CNC(c2ccc(C)cc2)C2CC2)CC1. The first-order valence-corrected chi connectivity index (χ1v) is 8.78. The summed E-state index contributed by atoms with van der Waals surface area (Å²) in [6.07, 6.45) is 5.54. The van der Waals surface area contributed by atoms with Gasteiger partial charge in [-0.15, -0.1) is 0 Å². The van der Waals surface area contributed by atoms with E-state index in [1.807, 2.05) is 0 Å². The summed E-state index contributed by atoms with van der Waals surface area (Å²) in [5.41, 5.74) is 2.86. The van der Waals surface area contributed by atoms with E-state index in [1.165, 1.54) is 63.0 Å². The van der Waals surface area contributed by atoms with Crippen LogP contribution in [-0.2, 0) is 0 Å². The van der Waals surface area contributed by atoms with Crippen LogP contribution in [0.5, 0.6) is 0 Å². The average Bonchev–Trinajstić information content (AvgIpc) is 3.35. The van der Waals surface area contributed by atoms with Crippen LogP contribution in [0.1, 0.15) is 49.8 Å². The third kappa shape index (κ3) is 4.08. The summed E-state index contributed by atoms with van der Waals surface area (Å²) < 4.78 is 0. The average molecular weight is 286 g/mol. The lowest BCUT2D eigenvalue weighted by Crippen LogP contribution is -2.38. The highest BCUT2D eigenvalue weighted by atomic mass is 15.1. The van der Waals surface area contributed by atoms with Gasteiger partial charge in [0.15, 0.2) is 0 Å². The number of rotatable bonds is 6. The lowest BCUT2D eigenvalue weighted by atomic mass is 9.95. The standard InChI is InChI=1S/C19H30N2/c1-3-21-12-10-16(11-13-21)14-20-19(18-8-9-18)17-6-4-15(2)5-7-17/h4-7,16,18-20H,3,8-14H2,1-2H3. The molecule has 116 valence electrons. The van der Waals surface area contributed by atoms with E-state index in [9.17, 15) is 0 Å². The molecule has 1 saturated heterocycles. The minimum atomic E-state index is 0.592. The van der Waals surface area contributed by atoms with Crippen molar-refractivity contribution in [2.45, 2.75) is 45.6 Å². The molecule has 21 heavy (non-hydrogen) atoms. The third-order valence-corrected chi connectivity index (χ3v) is 5.31. The number of piperidine rings is 1. The lowest BCUT2D eigenvalue weighted by molar-refractivity contribution is 0.186. The monoisotopic (exact) mass is 286 g/mol. The van der Waals surface area contributed by atoms with Crippen molar-refractivity contribution in [3.63, 3.8) is 0 Å². The number of hydrogen-bond donors (Lipinski definition) is 1. The number of nitrogens with one attached hydrogen (secondary N) is 1. The van der Waals surface area contributed by atoms with E-state index in [0.717, 1.165) is 11.8 Å². The fourth-order valence-electron chi connectivity index (χ4n) is 3.56. The van der Waals surface area contributed by atoms with E-state index < -0.39 is 0 Å². The van der Waals surface area contributed by atoms with Gasteiger partial charge in [-0.25, -0.2) is 0 Å². The lowest BCUT2D eigenvalue weighted by Gasteiger charge is -2.32. The maximum absolute atomic E-state index is 3.90. The molecular formula is C19H30N2. The molecule has 0 spiro atoms. The molecule has 1 aliphatic carbocycles. The molecule has 1 aromatic rings. The van der Waals surface area contributed by atoms with Crippen molar-refractivity contribution in [2.75, 3.05) is 26.2 Å². The third-order valence-electron chi connectivity index (χ3n) is 5.31. The van der Waals surface area contributed by atoms with E-state index in [-0.39, 0.29) is 0 Å². The van der Waals surface area contributed by atoms with Gasteiger partial charge in [0, 0.05) is 6.04 Å². The molecule has 1 N–H and O–H groups in total. The zero-order valence-electron chi connectivity index (χ0n) is 13.6. The molecule has 0 aromatic heterocycles. The second-order valence-electron chi connectivity index (χ2n) is 7.01. The van der Waals surface area contributed by atoms with Gasteiger partial charge < -0.3 is 10.2 Å². The zero-order valence-corrected chi connectivity index (χ0v) is 13.6. The smallest absolute Gasteiger partial charge is 0.0348 e. The number of aryl methyl sites for hydroxylation is 1. The quantitative estimate of drug-likeness (QED) is 0.856. The first-order chi connectivity index (χ1) is 10.3. The largest absolute Gasteiger partial charge is 0.309 e. The number of nitrogens with zero attached hydrogens (tertiary/aromatic N) is 1. The van der Waals surface area contributed by atoms with Crippen molar-refractivity contribution in [1.29, 1.82) is 0 Å². The maximum atomic E-state index is 3.90. The number of hydrogen-bond acceptors (Lipinski definition) is 2. The molecule has 0 radical (unpaired) electrons. The van der Waals surface area contributed by atoms with Crippen LogP contribution in [0, 0.1) is 18.8 Å². The van der Waals surface area contributed by atoms with Crippen LogP contribution in [-0.4, -0.2) is 31.1 Å². The molecule has 0 bridgehead atoms. The van der Waals surface area contributed by atoms with Gasteiger partial charge in [0.2, 0.25) is 0 Å². The molecule has 2 heteroatoms. The second kappa shape index (κ2) is 6.93. The summed E-state index contributed by atoms with van der Waals surface area (Å²) in [5.74, 6) is 1.75. The number of likely N-dealkylation sites (tertiary alicyclic amines) is 1. The Kier molecular flexibility index (Phi) is 4.97. The highest BCUT2D eigenvalue weighted by molar-refractivity contribution is 5.25. The Balaban J connectivity index is 1.53. The van der Waals surface area contributed by atoms with Crippen molar-refractivity contribution >= 4 is 0 Å². The zero-order chi connectivity index (χ0) is 14.7. The van der Waals surface area contributed by atoms with Gasteiger partial charge in [0.05, 0.1) is 0 Å². The molecule has 2 nitrogen and oxygen atoms in total. The van der Waals surface area contributed by atoms with Crippen LogP contribution in [0.25, 0.3) is 0 Å². The van der Waals surface area contributed by atoms with E-state index in [0.29, 0.717) is 6.04 Å². The molecule has 1 atom stereocenters. The van der Waals surface area contributed by atoms with Crippen molar-refractivity contribution in [1.82, 2.24) is 10.2 Å². The maximum Gasteiger partial charge on any atom is 0.0348 e. The van der Waals surface area contributed by atoms with Gasteiger partial charge in [-0.1, -0.05) is 36.8 Å². The van der Waals surface area contributed by atoms with Gasteiger partial charge >= 0.3 is 0 Å². The predicted octanol–water partition coefficient (Wildman–Crippen LogP) is 3.77. The number of benzene rings is 1. The van der Waals surface area contributed by atoms with Crippen LogP contribution < -0.4 is 5.32 Å². The molecule has 1 saturated carbocycles. The van der Waals surface area contributed by atoms with E-state index in [4.69, 9.17) is 0 Å². The summed E-state index contributed by atoms with van der Waals surface area (Å²) >= 11 is 0. The van der Waals surface area contributed by atoms with Crippen molar-refractivity contribution in [3.8, 4) is 0 Å². The summed E-state index contributed by atoms with van der Waals surface area (Å²) in [6, 6.07) is 9.75. The highest BCUT2D eigenvalue weighted by Crippen LogP contribution is 2.41. The van der Waals surface area contributed by atoms with Gasteiger partial charge in [-0.2, -0.15) is 0 Å². The molecule has 3 rings (SSSR count). The molecule has 2 aliphatic rings. The summed E-state index contributed by atoms with van der Waals surface area (Å²) in [5, 5.41) is 3.90. The van der Waals surface area contributed by atoms with Crippen molar-refractivity contribution in [3.05, 3.63) is 35.4 Å². The molecular weight excluding hydrogens is 256 g/mol. The Labute approximate surface area is 129 Å². The molecule has 0 amide bonds. The normalized spacial score (nSPS) is 22.4. The topological polar surface area (TPSA) is 15.3 Å². The van der Waals surface area contributed by atoms with Crippen LogP contribution in [0.3, 0.4) is 0 Å². The Morgan fingerprint density at radius 1 is 1.10 bits per heavy atom. The van der Waals surface area contributed by atoms with E-state index in [2.05, 4.69) is 48.3 Å². The fraction of sp³-hybridized carbons (Fsp3) is 0.684. The Bertz CT molecular complexity index is 427. The van der Waals surface area contributed by atoms with Gasteiger partial charge in [-0.3, -0.25) is 0 Å². The second-order valence-corrected chi connectivity index (χ2v) is 7.01. The highest BCUT2D eigenvalue weighted by Gasteiger charge is 2.32. The minimum absolute atomic E-state index is 0.592. The van der Waals surface area contributed by atoms with Crippen molar-refractivity contribution in [2.24, 2.45) is 11.8 Å². The molecule has 1 aliphatic heterocycles. The molecule has 1 unspecified atom stereocenters. The van der Waals surface area contributed by atoms with E-state index in [1.54, 1.807) is 0 Å². The fourth-order valence-corrected chi connectivity index (χ4v) is 3.56. The van der Waals surface area contributed by atoms with Gasteiger partial charge in [-0.05, 0) is 76.2 Å². The van der Waals surface area contributed by atoms with Crippen molar-refractivity contribution < 1.29 is 0 Å². The Morgan fingerprint density at radius 3 is 2.33 bits per heavy atom. The minimum Gasteiger partial charge on any atom is -0.309 e. The first kappa shape index (κ1) is 15.1. The van der Waals surface area contributed by atoms with Crippen LogP contribution >= 0.6 is 0 Å². The summed E-state index contributed by atoms with van der Waals surface area (Å²) in [6.45, 7) is 9.45.